The van der Waals surface area contributed by atoms with Gasteiger partial charge < -0.3 is 15.4 Å². The van der Waals surface area contributed by atoms with Crippen molar-refractivity contribution in [3.05, 3.63) is 36.0 Å². The maximum atomic E-state index is 11.8. The number of hydrogen-bond acceptors (Lipinski definition) is 2. The van der Waals surface area contributed by atoms with Crippen LogP contribution in [0.3, 0.4) is 0 Å². The number of benzene rings is 1. The molecule has 0 saturated heterocycles. The number of nitrogens with one attached hydrogen (secondary N) is 2. The molecule has 1 fully saturated rings. The van der Waals surface area contributed by atoms with E-state index in [2.05, 4.69) is 17.6 Å². The van der Waals surface area contributed by atoms with Crippen LogP contribution in [0.25, 0.3) is 0 Å². The average Bonchev–Trinajstić information content (AvgIpc) is 2.99. The van der Waals surface area contributed by atoms with Gasteiger partial charge in [0, 0.05) is 18.0 Å². The Balaban J connectivity index is 1.86. The number of carbonyl (C=O) groups is 1. The summed E-state index contributed by atoms with van der Waals surface area (Å²) in [6.07, 6.45) is 6.90. The van der Waals surface area contributed by atoms with Gasteiger partial charge in [-0.05, 0) is 37.8 Å². The minimum atomic E-state index is -0.226. The number of rotatable bonds is 4. The summed E-state index contributed by atoms with van der Waals surface area (Å²) in [5.74, 6) is 1.35. The van der Waals surface area contributed by atoms with Crippen molar-refractivity contribution in [3.8, 4) is 5.75 Å². The molecule has 20 heavy (non-hydrogen) atoms. The fourth-order valence-corrected chi connectivity index (χ4v) is 2.55. The van der Waals surface area contributed by atoms with Gasteiger partial charge in [0.2, 0.25) is 0 Å². The highest BCUT2D eigenvalue weighted by atomic mass is 16.5. The minimum absolute atomic E-state index is 0.226. The Morgan fingerprint density at radius 3 is 2.80 bits per heavy atom. The van der Waals surface area contributed by atoms with E-state index < -0.39 is 0 Å². The topological polar surface area (TPSA) is 50.4 Å². The van der Waals surface area contributed by atoms with Crippen LogP contribution < -0.4 is 15.4 Å². The van der Waals surface area contributed by atoms with Crippen molar-refractivity contribution in [1.82, 2.24) is 5.32 Å². The first-order valence-corrected chi connectivity index (χ1v) is 7.07. The van der Waals surface area contributed by atoms with E-state index in [1.807, 2.05) is 24.4 Å². The van der Waals surface area contributed by atoms with Crippen LogP contribution in [0, 0.1) is 5.92 Å². The zero-order chi connectivity index (χ0) is 14.4. The monoisotopic (exact) mass is 274 g/mol. The molecule has 1 saturated carbocycles. The summed E-state index contributed by atoms with van der Waals surface area (Å²) in [6, 6.07) is 7.07. The molecule has 0 atom stereocenters. The molecule has 1 aliphatic rings. The Labute approximate surface area is 120 Å². The fourth-order valence-electron chi connectivity index (χ4n) is 2.55. The highest BCUT2D eigenvalue weighted by Gasteiger charge is 2.16. The summed E-state index contributed by atoms with van der Waals surface area (Å²) in [7, 11) is 1.60. The summed E-state index contributed by atoms with van der Waals surface area (Å²) in [4.78, 5) is 11.8. The van der Waals surface area contributed by atoms with Gasteiger partial charge in [-0.15, -0.1) is 0 Å². The number of methoxy groups -OCH3 is 1. The molecule has 0 aromatic heterocycles. The van der Waals surface area contributed by atoms with E-state index in [4.69, 9.17) is 4.74 Å². The quantitative estimate of drug-likeness (QED) is 0.874. The molecule has 0 bridgehead atoms. The number of allylic oxidation sites excluding steroid dienone is 1. The number of hydrogen-bond donors (Lipinski definition) is 2. The Morgan fingerprint density at radius 2 is 2.10 bits per heavy atom. The molecular formula is C16H22N2O2. The predicted octanol–water partition coefficient (Wildman–Crippen LogP) is 3.91. The van der Waals surface area contributed by atoms with Crippen LogP contribution >= 0.6 is 0 Å². The second-order valence-corrected chi connectivity index (χ2v) is 5.20. The zero-order valence-electron chi connectivity index (χ0n) is 12.1. The van der Waals surface area contributed by atoms with E-state index in [1.54, 1.807) is 13.2 Å². The van der Waals surface area contributed by atoms with Crippen LogP contribution in [0.1, 0.15) is 32.6 Å². The summed E-state index contributed by atoms with van der Waals surface area (Å²) >= 11 is 0. The van der Waals surface area contributed by atoms with E-state index in [0.29, 0.717) is 11.6 Å². The summed E-state index contributed by atoms with van der Waals surface area (Å²) in [5.41, 5.74) is 1.97. The van der Waals surface area contributed by atoms with E-state index in [0.717, 1.165) is 5.75 Å². The Bertz CT molecular complexity index is 491. The lowest BCUT2D eigenvalue weighted by Crippen LogP contribution is -2.24. The van der Waals surface area contributed by atoms with E-state index in [-0.39, 0.29) is 6.03 Å². The largest absolute Gasteiger partial charge is 0.497 e. The molecule has 4 heteroatoms. The van der Waals surface area contributed by atoms with Crippen molar-refractivity contribution in [2.45, 2.75) is 32.6 Å². The SMILES string of the molecule is COc1cccc(NC(=O)N/C=C(\C)C2CCCC2)c1. The Morgan fingerprint density at radius 1 is 1.35 bits per heavy atom. The molecular weight excluding hydrogens is 252 g/mol. The second-order valence-electron chi connectivity index (χ2n) is 5.20. The number of carbonyl (C=O) groups excluding carboxylic acids is 1. The number of urea groups is 1. The normalized spacial score (nSPS) is 16.0. The van der Waals surface area contributed by atoms with Crippen molar-refractivity contribution >= 4 is 11.7 Å². The molecule has 2 N–H and O–H groups in total. The first kappa shape index (κ1) is 14.4. The van der Waals surface area contributed by atoms with Gasteiger partial charge in [0.1, 0.15) is 5.75 Å². The van der Waals surface area contributed by atoms with Gasteiger partial charge in [-0.3, -0.25) is 0 Å². The first-order valence-electron chi connectivity index (χ1n) is 7.07. The standard InChI is InChI=1S/C16H22N2O2/c1-12(13-6-3-4-7-13)11-17-16(19)18-14-8-5-9-15(10-14)20-2/h5,8-11,13H,3-4,6-7H2,1-2H3,(H2,17,18,19)/b12-11+. The van der Waals surface area contributed by atoms with Crippen molar-refractivity contribution in [2.75, 3.05) is 12.4 Å². The van der Waals surface area contributed by atoms with Crippen molar-refractivity contribution in [3.63, 3.8) is 0 Å². The third-order valence-electron chi connectivity index (χ3n) is 3.76. The molecule has 1 aromatic carbocycles. The van der Waals surface area contributed by atoms with Crippen LogP contribution in [0.2, 0.25) is 0 Å². The molecule has 2 rings (SSSR count). The lowest BCUT2D eigenvalue weighted by atomic mass is 10.0. The van der Waals surface area contributed by atoms with E-state index in [1.165, 1.54) is 31.3 Å². The molecule has 1 aromatic rings. The predicted molar refractivity (Wildman–Crippen MR) is 80.9 cm³/mol. The van der Waals surface area contributed by atoms with Crippen LogP contribution in [0.5, 0.6) is 5.75 Å². The summed E-state index contributed by atoms with van der Waals surface area (Å²) in [6.45, 7) is 2.09. The molecule has 0 unspecified atom stereocenters. The molecule has 0 radical (unpaired) electrons. The van der Waals surface area contributed by atoms with Gasteiger partial charge in [-0.2, -0.15) is 0 Å². The van der Waals surface area contributed by atoms with E-state index in [9.17, 15) is 4.79 Å². The van der Waals surface area contributed by atoms with Gasteiger partial charge >= 0.3 is 6.03 Å². The highest BCUT2D eigenvalue weighted by Crippen LogP contribution is 2.30. The van der Waals surface area contributed by atoms with Crippen molar-refractivity contribution < 1.29 is 9.53 Å². The molecule has 108 valence electrons. The Hall–Kier alpha value is -1.97. The van der Waals surface area contributed by atoms with Crippen LogP contribution in [-0.4, -0.2) is 13.1 Å². The highest BCUT2D eigenvalue weighted by molar-refractivity contribution is 5.90. The number of anilines is 1. The van der Waals surface area contributed by atoms with Crippen molar-refractivity contribution in [2.24, 2.45) is 5.92 Å². The molecule has 4 nitrogen and oxygen atoms in total. The van der Waals surface area contributed by atoms with Gasteiger partial charge in [0.15, 0.2) is 0 Å². The molecule has 0 spiro atoms. The number of amides is 2. The fraction of sp³-hybridized carbons (Fsp3) is 0.438. The maximum absolute atomic E-state index is 11.8. The van der Waals surface area contributed by atoms with E-state index >= 15 is 0 Å². The maximum Gasteiger partial charge on any atom is 0.323 e. The third-order valence-corrected chi connectivity index (χ3v) is 3.76. The van der Waals surface area contributed by atoms with Gasteiger partial charge in [0.25, 0.3) is 0 Å². The third kappa shape index (κ3) is 4.02. The van der Waals surface area contributed by atoms with Crippen LogP contribution in [0.4, 0.5) is 10.5 Å². The van der Waals surface area contributed by atoms with Gasteiger partial charge in [-0.1, -0.05) is 24.5 Å². The lowest BCUT2D eigenvalue weighted by molar-refractivity contribution is 0.255. The molecule has 1 aliphatic carbocycles. The second kappa shape index (κ2) is 6.98. The summed E-state index contributed by atoms with van der Waals surface area (Å²) < 4.78 is 5.12. The van der Waals surface area contributed by atoms with Crippen molar-refractivity contribution in [1.29, 1.82) is 0 Å². The number of ether oxygens (including phenoxy) is 1. The van der Waals surface area contributed by atoms with Crippen LogP contribution in [0.15, 0.2) is 36.0 Å². The minimum Gasteiger partial charge on any atom is -0.497 e. The zero-order valence-corrected chi connectivity index (χ0v) is 12.1. The van der Waals surface area contributed by atoms with Crippen LogP contribution in [-0.2, 0) is 0 Å². The Kier molecular flexibility index (Phi) is 5.04. The molecule has 2 amide bonds. The lowest BCUT2D eigenvalue weighted by Gasteiger charge is -2.11. The average molecular weight is 274 g/mol. The smallest absolute Gasteiger partial charge is 0.323 e. The van der Waals surface area contributed by atoms with Gasteiger partial charge in [-0.25, -0.2) is 4.79 Å². The van der Waals surface area contributed by atoms with Gasteiger partial charge in [0.05, 0.1) is 7.11 Å². The molecule has 0 heterocycles. The summed E-state index contributed by atoms with van der Waals surface area (Å²) in [5, 5.41) is 5.58. The molecule has 0 aliphatic heterocycles. The first-order chi connectivity index (χ1) is 9.69.